The molecule has 1 heterocycles. The summed E-state index contributed by atoms with van der Waals surface area (Å²) in [7, 11) is 0. The molecule has 22 heavy (non-hydrogen) atoms. The van der Waals surface area contributed by atoms with Gasteiger partial charge in [-0.1, -0.05) is 11.6 Å². The summed E-state index contributed by atoms with van der Waals surface area (Å²) in [6.07, 6.45) is -1.11. The van der Waals surface area contributed by atoms with Crippen molar-refractivity contribution in [3.8, 4) is 0 Å². The number of halogens is 1. The lowest BCUT2D eigenvalue weighted by molar-refractivity contribution is 0.0118. The van der Waals surface area contributed by atoms with Gasteiger partial charge in [-0.05, 0) is 45.7 Å². The minimum absolute atomic E-state index is 0.158. The molecule has 0 radical (unpaired) electrons. The van der Waals surface area contributed by atoms with Crippen molar-refractivity contribution in [3.05, 3.63) is 28.5 Å². The lowest BCUT2D eigenvalue weighted by Crippen LogP contribution is -2.34. The highest BCUT2D eigenvalue weighted by atomic mass is 35.5. The number of rotatable bonds is 5. The molecule has 6 nitrogen and oxygen atoms in total. The molecule has 0 aromatic carbocycles. The second kappa shape index (κ2) is 7.76. The molecular weight excluding hydrogens is 308 g/mol. The molecule has 0 bridgehead atoms. The molecule has 0 fully saturated rings. The molecule has 2 atom stereocenters. The highest BCUT2D eigenvalue weighted by molar-refractivity contribution is 6.30. The zero-order valence-corrected chi connectivity index (χ0v) is 14.0. The minimum atomic E-state index is -1.17. The van der Waals surface area contributed by atoms with Crippen LogP contribution in [0.25, 0.3) is 0 Å². The van der Waals surface area contributed by atoms with Gasteiger partial charge in [0, 0.05) is 18.3 Å². The fourth-order valence-corrected chi connectivity index (χ4v) is 2.20. The maximum Gasteiger partial charge on any atom is 0.407 e. The molecule has 1 amide bonds. The van der Waals surface area contributed by atoms with E-state index < -0.39 is 23.9 Å². The van der Waals surface area contributed by atoms with Crippen LogP contribution in [0.15, 0.2) is 12.3 Å². The van der Waals surface area contributed by atoms with Crippen molar-refractivity contribution in [3.63, 3.8) is 0 Å². The van der Waals surface area contributed by atoms with Gasteiger partial charge in [-0.15, -0.1) is 0 Å². The van der Waals surface area contributed by atoms with Gasteiger partial charge in [0.25, 0.3) is 0 Å². The fraction of sp³-hybridized carbons (Fsp3) is 0.600. The number of nitrogens with one attached hydrogen (secondary N) is 1. The van der Waals surface area contributed by atoms with Crippen LogP contribution in [0.2, 0.25) is 5.15 Å². The van der Waals surface area contributed by atoms with Crippen LogP contribution >= 0.6 is 11.6 Å². The van der Waals surface area contributed by atoms with Crippen molar-refractivity contribution in [2.75, 3.05) is 6.54 Å². The first kappa shape index (κ1) is 18.7. The van der Waals surface area contributed by atoms with Gasteiger partial charge in [0.05, 0.1) is 6.10 Å². The molecule has 1 rings (SSSR count). The van der Waals surface area contributed by atoms with Crippen LogP contribution in [0.3, 0.4) is 0 Å². The van der Waals surface area contributed by atoms with Crippen molar-refractivity contribution in [2.45, 2.75) is 51.9 Å². The second-order valence-electron chi connectivity index (χ2n) is 6.06. The van der Waals surface area contributed by atoms with Crippen molar-refractivity contribution in [1.29, 1.82) is 0 Å². The number of hydrogen-bond acceptors (Lipinski definition) is 5. The van der Waals surface area contributed by atoms with E-state index in [0.717, 1.165) is 5.56 Å². The standard InChI is InChI=1S/C15H23ClN2O4/c1-9-5-7-17-13(16)11(9)12(20)10(19)6-8-18-14(21)22-15(2,3)4/h5,7,10,12,19-20H,6,8H2,1-4H3,(H,18,21). The number of aliphatic hydroxyl groups is 2. The zero-order valence-electron chi connectivity index (χ0n) is 13.3. The van der Waals surface area contributed by atoms with Crippen LogP contribution in [-0.2, 0) is 4.74 Å². The second-order valence-corrected chi connectivity index (χ2v) is 6.42. The average molecular weight is 331 g/mol. The number of aryl methyl sites for hydroxylation is 1. The fourth-order valence-electron chi connectivity index (χ4n) is 1.88. The van der Waals surface area contributed by atoms with Crippen molar-refractivity contribution in [1.82, 2.24) is 10.3 Å². The van der Waals surface area contributed by atoms with Crippen LogP contribution in [0.5, 0.6) is 0 Å². The summed E-state index contributed by atoms with van der Waals surface area (Å²) in [5.41, 5.74) is 0.559. The Labute approximate surface area is 135 Å². The summed E-state index contributed by atoms with van der Waals surface area (Å²) in [6, 6.07) is 1.70. The number of alkyl carbamates (subject to hydrolysis) is 1. The summed E-state index contributed by atoms with van der Waals surface area (Å²) >= 11 is 5.95. The van der Waals surface area contributed by atoms with Gasteiger partial charge in [-0.25, -0.2) is 9.78 Å². The van der Waals surface area contributed by atoms with E-state index in [9.17, 15) is 15.0 Å². The molecule has 1 aromatic heterocycles. The van der Waals surface area contributed by atoms with Gasteiger partial charge in [0.2, 0.25) is 0 Å². The lowest BCUT2D eigenvalue weighted by atomic mass is 10.00. The molecule has 124 valence electrons. The molecule has 1 aromatic rings. The summed E-state index contributed by atoms with van der Waals surface area (Å²) in [5, 5.41) is 22.9. The third-order valence-corrected chi connectivity index (χ3v) is 3.23. The van der Waals surface area contributed by atoms with Crippen LogP contribution in [0.4, 0.5) is 4.79 Å². The molecule has 3 N–H and O–H groups in total. The summed E-state index contributed by atoms with van der Waals surface area (Å²) in [6.45, 7) is 7.23. The highest BCUT2D eigenvalue weighted by Crippen LogP contribution is 2.27. The number of pyridine rings is 1. The predicted octanol–water partition coefficient (Wildman–Crippen LogP) is 2.35. The normalized spacial score (nSPS) is 14.3. The molecule has 0 spiro atoms. The molecule has 2 unspecified atom stereocenters. The number of carbonyl (C=O) groups is 1. The molecule has 0 aliphatic carbocycles. The summed E-state index contributed by atoms with van der Waals surface area (Å²) in [5.74, 6) is 0. The summed E-state index contributed by atoms with van der Waals surface area (Å²) in [4.78, 5) is 15.4. The van der Waals surface area contributed by atoms with Crippen molar-refractivity contribution >= 4 is 17.7 Å². The Kier molecular flexibility index (Phi) is 6.59. The van der Waals surface area contributed by atoms with E-state index in [4.69, 9.17) is 16.3 Å². The number of amides is 1. The largest absolute Gasteiger partial charge is 0.444 e. The van der Waals surface area contributed by atoms with E-state index in [1.807, 2.05) is 0 Å². The van der Waals surface area contributed by atoms with Crippen LogP contribution in [0.1, 0.15) is 44.4 Å². The number of nitrogens with zero attached hydrogens (tertiary/aromatic N) is 1. The van der Waals surface area contributed by atoms with Crippen LogP contribution in [0, 0.1) is 6.92 Å². The van der Waals surface area contributed by atoms with E-state index in [2.05, 4.69) is 10.3 Å². The molecular formula is C15H23ClN2O4. The first-order valence-electron chi connectivity index (χ1n) is 7.06. The van der Waals surface area contributed by atoms with Crippen molar-refractivity contribution in [2.24, 2.45) is 0 Å². The summed E-state index contributed by atoms with van der Waals surface area (Å²) < 4.78 is 5.08. The van der Waals surface area contributed by atoms with Crippen LogP contribution < -0.4 is 5.32 Å². The van der Waals surface area contributed by atoms with E-state index in [0.29, 0.717) is 5.56 Å². The SMILES string of the molecule is Cc1ccnc(Cl)c1C(O)C(O)CCNC(=O)OC(C)(C)C. The van der Waals surface area contributed by atoms with E-state index >= 15 is 0 Å². The number of carbonyl (C=O) groups excluding carboxylic acids is 1. The van der Waals surface area contributed by atoms with Gasteiger partial charge in [0.15, 0.2) is 0 Å². The lowest BCUT2D eigenvalue weighted by Gasteiger charge is -2.22. The number of aromatic nitrogens is 1. The van der Waals surface area contributed by atoms with Gasteiger partial charge in [-0.3, -0.25) is 0 Å². The Morgan fingerprint density at radius 1 is 1.45 bits per heavy atom. The average Bonchev–Trinajstić information content (AvgIpc) is 2.35. The Bertz CT molecular complexity index is 497. The maximum absolute atomic E-state index is 11.5. The smallest absolute Gasteiger partial charge is 0.407 e. The highest BCUT2D eigenvalue weighted by Gasteiger charge is 2.23. The Morgan fingerprint density at radius 2 is 2.09 bits per heavy atom. The Hall–Kier alpha value is -1.37. The van der Waals surface area contributed by atoms with Gasteiger partial charge < -0.3 is 20.3 Å². The molecule has 0 aliphatic heterocycles. The first-order chi connectivity index (χ1) is 10.1. The first-order valence-corrected chi connectivity index (χ1v) is 7.43. The molecule has 0 saturated heterocycles. The zero-order chi connectivity index (χ0) is 16.9. The third kappa shape index (κ3) is 5.79. The Morgan fingerprint density at radius 3 is 2.64 bits per heavy atom. The van der Waals surface area contributed by atoms with E-state index in [-0.39, 0.29) is 18.1 Å². The quantitative estimate of drug-likeness (QED) is 0.721. The van der Waals surface area contributed by atoms with Gasteiger partial charge in [-0.2, -0.15) is 0 Å². The number of ether oxygens (including phenoxy) is 1. The van der Waals surface area contributed by atoms with Crippen LogP contribution in [-0.4, -0.2) is 39.5 Å². The van der Waals surface area contributed by atoms with Gasteiger partial charge >= 0.3 is 6.09 Å². The Balaban J connectivity index is 2.52. The number of hydrogen-bond donors (Lipinski definition) is 3. The monoisotopic (exact) mass is 330 g/mol. The predicted molar refractivity (Wildman–Crippen MR) is 83.8 cm³/mol. The molecule has 7 heteroatoms. The topological polar surface area (TPSA) is 91.7 Å². The molecule has 0 saturated carbocycles. The van der Waals surface area contributed by atoms with Gasteiger partial charge in [0.1, 0.15) is 16.9 Å². The number of aliphatic hydroxyl groups excluding tert-OH is 2. The maximum atomic E-state index is 11.5. The van der Waals surface area contributed by atoms with E-state index in [1.54, 1.807) is 33.8 Å². The minimum Gasteiger partial charge on any atom is -0.444 e. The third-order valence-electron chi connectivity index (χ3n) is 2.93. The van der Waals surface area contributed by atoms with E-state index in [1.165, 1.54) is 6.20 Å². The van der Waals surface area contributed by atoms with Crippen molar-refractivity contribution < 1.29 is 19.7 Å². The molecule has 0 aliphatic rings.